The lowest BCUT2D eigenvalue weighted by Gasteiger charge is -2.27. The van der Waals surface area contributed by atoms with E-state index in [1.54, 1.807) is 12.1 Å². The van der Waals surface area contributed by atoms with E-state index in [1.807, 2.05) is 25.1 Å². The number of ether oxygens (including phenoxy) is 3. The van der Waals surface area contributed by atoms with Crippen LogP contribution >= 0.6 is 11.3 Å². The van der Waals surface area contributed by atoms with Crippen LogP contribution < -0.4 is 14.4 Å². The van der Waals surface area contributed by atoms with Gasteiger partial charge in [-0.3, -0.25) is 14.6 Å². The molecule has 1 aliphatic rings. The summed E-state index contributed by atoms with van der Waals surface area (Å²) in [5, 5.41) is 0.467. The number of aromatic nitrogens is 1. The van der Waals surface area contributed by atoms with Gasteiger partial charge in [-0.25, -0.2) is 13.4 Å². The number of thiazole rings is 1. The number of fused-ring (bicyclic) bond motifs is 1. The molecule has 1 fully saturated rings. The van der Waals surface area contributed by atoms with E-state index in [4.69, 9.17) is 19.2 Å². The van der Waals surface area contributed by atoms with Crippen LogP contribution in [0.25, 0.3) is 10.2 Å². The number of para-hydroxylation sites is 1. The van der Waals surface area contributed by atoms with E-state index in [0.29, 0.717) is 54.9 Å². The number of amides is 1. The highest BCUT2D eigenvalue weighted by molar-refractivity contribution is 7.92. The van der Waals surface area contributed by atoms with E-state index < -0.39 is 21.5 Å². The van der Waals surface area contributed by atoms with Gasteiger partial charge in [-0.15, -0.1) is 0 Å². The van der Waals surface area contributed by atoms with E-state index >= 15 is 0 Å². The summed E-state index contributed by atoms with van der Waals surface area (Å²) in [4.78, 5) is 22.0. The number of hydrogen-bond donors (Lipinski definition) is 0. The monoisotopic (exact) mass is 533 g/mol. The molecule has 194 valence electrons. The van der Waals surface area contributed by atoms with E-state index in [-0.39, 0.29) is 4.90 Å². The Balaban J connectivity index is 1.57. The second kappa shape index (κ2) is 12.0. The number of methoxy groups -OCH3 is 1. The van der Waals surface area contributed by atoms with Crippen molar-refractivity contribution in [3.05, 3.63) is 42.5 Å². The molecule has 0 aliphatic carbocycles. The summed E-state index contributed by atoms with van der Waals surface area (Å²) in [6, 6.07) is 11.7. The predicted molar refractivity (Wildman–Crippen MR) is 140 cm³/mol. The number of anilines is 1. The lowest BCUT2D eigenvalue weighted by molar-refractivity contribution is -0.116. The van der Waals surface area contributed by atoms with Gasteiger partial charge < -0.3 is 14.2 Å². The Morgan fingerprint density at radius 3 is 2.61 bits per heavy atom. The first kappa shape index (κ1) is 26.3. The summed E-state index contributed by atoms with van der Waals surface area (Å²) >= 11 is 1.36. The Kier molecular flexibility index (Phi) is 8.78. The molecule has 0 bridgehead atoms. The van der Waals surface area contributed by atoms with Crippen LogP contribution in [0.4, 0.5) is 5.13 Å². The maximum absolute atomic E-state index is 13.4. The van der Waals surface area contributed by atoms with Gasteiger partial charge in [0.15, 0.2) is 15.0 Å². The van der Waals surface area contributed by atoms with Crippen molar-refractivity contribution in [1.82, 2.24) is 9.88 Å². The number of benzene rings is 2. The Morgan fingerprint density at radius 2 is 1.92 bits per heavy atom. The van der Waals surface area contributed by atoms with Crippen LogP contribution in [-0.2, 0) is 19.4 Å². The minimum Gasteiger partial charge on any atom is -0.497 e. The first-order chi connectivity index (χ1) is 17.4. The van der Waals surface area contributed by atoms with E-state index in [9.17, 15) is 13.2 Å². The molecule has 0 unspecified atom stereocenters. The molecule has 2 heterocycles. The average Bonchev–Trinajstić information content (AvgIpc) is 3.32. The fraction of sp³-hybridized carbons (Fsp3) is 0.440. The fourth-order valence-electron chi connectivity index (χ4n) is 4.01. The molecule has 4 rings (SSSR count). The van der Waals surface area contributed by atoms with Crippen molar-refractivity contribution >= 4 is 42.4 Å². The third-order valence-corrected chi connectivity index (χ3v) is 8.56. The summed E-state index contributed by atoms with van der Waals surface area (Å²) in [5.41, 5.74) is 0.670. The van der Waals surface area contributed by atoms with Gasteiger partial charge in [0.25, 0.3) is 0 Å². The quantitative estimate of drug-likeness (QED) is 0.371. The smallest absolute Gasteiger partial charge is 0.244 e. The number of rotatable bonds is 11. The Labute approximate surface area is 215 Å². The first-order valence-electron chi connectivity index (χ1n) is 11.9. The minimum absolute atomic E-state index is 0.0767. The number of carbonyl (C=O) groups excluding carboxylic acids is 1. The topological polar surface area (TPSA) is 98.3 Å². The summed E-state index contributed by atoms with van der Waals surface area (Å²) < 4.78 is 43.2. The molecular formula is C25H31N3O6S2. The zero-order chi connectivity index (χ0) is 25.5. The molecular weight excluding hydrogens is 502 g/mol. The van der Waals surface area contributed by atoms with Crippen LogP contribution in [0.15, 0.2) is 47.4 Å². The molecule has 0 atom stereocenters. The van der Waals surface area contributed by atoms with Crippen LogP contribution in [0.5, 0.6) is 11.5 Å². The molecule has 11 heteroatoms. The van der Waals surface area contributed by atoms with Crippen LogP contribution in [0.3, 0.4) is 0 Å². The average molecular weight is 534 g/mol. The van der Waals surface area contributed by atoms with Gasteiger partial charge in [-0.1, -0.05) is 17.4 Å². The van der Waals surface area contributed by atoms with Crippen LogP contribution in [0.1, 0.15) is 13.3 Å². The lowest BCUT2D eigenvalue weighted by atomic mass is 10.3. The molecule has 3 aromatic rings. The Hall–Kier alpha value is -2.73. The van der Waals surface area contributed by atoms with Gasteiger partial charge in [0.2, 0.25) is 5.91 Å². The van der Waals surface area contributed by atoms with Crippen LogP contribution in [0, 0.1) is 0 Å². The van der Waals surface area contributed by atoms with Gasteiger partial charge >= 0.3 is 0 Å². The zero-order valence-electron chi connectivity index (χ0n) is 20.5. The SMILES string of the molecule is CCOc1cccc2sc(N(CCCN3CCOCC3)C(=O)CS(=O)(=O)c3ccc(OC)cc3)nc12. The molecule has 0 N–H and O–H groups in total. The third kappa shape index (κ3) is 6.33. The Bertz CT molecular complexity index is 1270. The molecule has 0 radical (unpaired) electrons. The summed E-state index contributed by atoms with van der Waals surface area (Å²) in [6.45, 7) is 6.62. The predicted octanol–water partition coefficient (Wildman–Crippen LogP) is 3.23. The number of nitrogens with zero attached hydrogens (tertiary/aromatic N) is 3. The largest absolute Gasteiger partial charge is 0.497 e. The van der Waals surface area contributed by atoms with Crippen molar-refractivity contribution in [2.75, 3.05) is 63.8 Å². The van der Waals surface area contributed by atoms with Gasteiger partial charge in [-0.2, -0.15) is 0 Å². The molecule has 1 aromatic heterocycles. The molecule has 0 saturated carbocycles. The zero-order valence-corrected chi connectivity index (χ0v) is 22.1. The second-order valence-corrected chi connectivity index (χ2v) is 11.3. The number of hydrogen-bond acceptors (Lipinski definition) is 9. The van der Waals surface area contributed by atoms with Crippen LogP contribution in [0.2, 0.25) is 0 Å². The Morgan fingerprint density at radius 1 is 1.17 bits per heavy atom. The van der Waals surface area contributed by atoms with E-state index in [2.05, 4.69) is 4.90 Å². The minimum atomic E-state index is -3.85. The number of carbonyl (C=O) groups is 1. The van der Waals surface area contributed by atoms with E-state index in [1.165, 1.54) is 35.5 Å². The van der Waals surface area contributed by atoms with Crippen molar-refractivity contribution in [2.24, 2.45) is 0 Å². The maximum Gasteiger partial charge on any atom is 0.244 e. The molecule has 1 aliphatic heterocycles. The van der Waals surface area contributed by atoms with Crippen LogP contribution in [-0.4, -0.2) is 83.1 Å². The third-order valence-electron chi connectivity index (χ3n) is 5.89. The molecule has 2 aromatic carbocycles. The normalized spacial score (nSPS) is 14.6. The van der Waals surface area contributed by atoms with Crippen molar-refractivity contribution in [2.45, 2.75) is 18.2 Å². The van der Waals surface area contributed by atoms with Gasteiger partial charge in [0.1, 0.15) is 22.8 Å². The van der Waals surface area contributed by atoms with Gasteiger partial charge in [-0.05, 0) is 49.7 Å². The summed E-state index contributed by atoms with van der Waals surface area (Å²) in [7, 11) is -2.34. The van der Waals surface area contributed by atoms with Crippen molar-refractivity contribution in [1.29, 1.82) is 0 Å². The second-order valence-electron chi connectivity index (χ2n) is 8.32. The first-order valence-corrected chi connectivity index (χ1v) is 14.4. The van der Waals surface area contributed by atoms with Gasteiger partial charge in [0, 0.05) is 26.2 Å². The number of morpholine rings is 1. The van der Waals surface area contributed by atoms with Crippen molar-refractivity contribution in [3.8, 4) is 11.5 Å². The molecule has 1 amide bonds. The highest BCUT2D eigenvalue weighted by Crippen LogP contribution is 2.34. The number of sulfone groups is 1. The van der Waals surface area contributed by atoms with Crippen molar-refractivity contribution < 1.29 is 27.4 Å². The summed E-state index contributed by atoms with van der Waals surface area (Å²) in [6.07, 6.45) is 0.683. The molecule has 1 saturated heterocycles. The maximum atomic E-state index is 13.4. The molecule has 0 spiro atoms. The highest BCUT2D eigenvalue weighted by Gasteiger charge is 2.27. The fourth-order valence-corrected chi connectivity index (χ4v) is 6.23. The molecule has 9 nitrogen and oxygen atoms in total. The lowest BCUT2D eigenvalue weighted by Crippen LogP contribution is -2.40. The van der Waals surface area contributed by atoms with Crippen molar-refractivity contribution in [3.63, 3.8) is 0 Å². The standard InChI is InChI=1S/C25H31N3O6S2/c1-3-34-21-6-4-7-22-24(21)26-25(35-22)28(13-5-12-27-14-16-33-17-15-27)23(29)18-36(30,31)20-10-8-19(32-2)9-11-20/h4,6-11H,3,5,12-18H2,1-2H3. The van der Waals surface area contributed by atoms with E-state index in [0.717, 1.165) is 24.3 Å². The van der Waals surface area contributed by atoms with Gasteiger partial charge in [0.05, 0.1) is 36.5 Å². The molecule has 36 heavy (non-hydrogen) atoms. The summed E-state index contributed by atoms with van der Waals surface area (Å²) in [5.74, 6) is 0.0315. The highest BCUT2D eigenvalue weighted by atomic mass is 32.2.